The molecule has 0 N–H and O–H groups in total. The number of rotatable bonds is 5. The van der Waals surface area contributed by atoms with E-state index in [1.165, 1.54) is 10.7 Å². The van der Waals surface area contributed by atoms with Crippen LogP contribution in [0.4, 0.5) is 4.39 Å². The summed E-state index contributed by atoms with van der Waals surface area (Å²) in [4.78, 5) is 12.6. The van der Waals surface area contributed by atoms with Crippen molar-refractivity contribution in [2.45, 2.75) is 13.5 Å². The molecule has 4 nitrogen and oxygen atoms in total. The summed E-state index contributed by atoms with van der Waals surface area (Å²) in [6, 6.07) is 20.9. The van der Waals surface area contributed by atoms with Crippen molar-refractivity contribution in [2.75, 3.05) is 0 Å². The van der Waals surface area contributed by atoms with Crippen molar-refractivity contribution in [1.82, 2.24) is 9.78 Å². The van der Waals surface area contributed by atoms with Crippen LogP contribution in [0.5, 0.6) is 5.75 Å². The minimum atomic E-state index is -0.410. The van der Waals surface area contributed by atoms with E-state index in [1.807, 2.05) is 31.2 Å². The van der Waals surface area contributed by atoms with Crippen LogP contribution in [-0.4, -0.2) is 15.7 Å². The number of carbonyl (C=O) groups excluding carboxylic acids is 1. The molecule has 0 aliphatic rings. The van der Waals surface area contributed by atoms with Gasteiger partial charge < -0.3 is 4.74 Å². The minimum absolute atomic E-state index is 0.00924. The second-order valence-corrected chi connectivity index (χ2v) is 7.24. The lowest BCUT2D eigenvalue weighted by molar-refractivity contribution is 0.0945. The van der Waals surface area contributed by atoms with Gasteiger partial charge >= 0.3 is 0 Å². The highest BCUT2D eigenvalue weighted by atomic mass is 35.5. The van der Waals surface area contributed by atoms with E-state index in [-0.39, 0.29) is 12.5 Å². The highest BCUT2D eigenvalue weighted by molar-refractivity contribution is 6.31. The predicted molar refractivity (Wildman–Crippen MR) is 114 cm³/mol. The van der Waals surface area contributed by atoms with Gasteiger partial charge in [0.1, 0.15) is 18.2 Å². The molecule has 4 rings (SSSR count). The predicted octanol–water partition coefficient (Wildman–Crippen LogP) is 5.92. The van der Waals surface area contributed by atoms with Crippen molar-refractivity contribution < 1.29 is 13.9 Å². The van der Waals surface area contributed by atoms with Gasteiger partial charge in [-0.05, 0) is 49.4 Å². The number of benzene rings is 3. The first-order valence-electron chi connectivity index (χ1n) is 9.34. The first-order valence-corrected chi connectivity index (χ1v) is 9.72. The van der Waals surface area contributed by atoms with Gasteiger partial charge in [0.15, 0.2) is 0 Å². The van der Waals surface area contributed by atoms with Crippen molar-refractivity contribution in [3.8, 4) is 17.0 Å². The molecular weight excluding hydrogens is 403 g/mol. The molecule has 0 saturated heterocycles. The molecule has 30 heavy (non-hydrogen) atoms. The molecule has 1 aromatic heterocycles. The van der Waals surface area contributed by atoms with E-state index < -0.39 is 5.82 Å². The number of nitrogens with zero attached hydrogens (tertiary/aromatic N) is 2. The molecule has 0 aliphatic heterocycles. The summed E-state index contributed by atoms with van der Waals surface area (Å²) in [5.41, 5.74) is 3.36. The van der Waals surface area contributed by atoms with Crippen LogP contribution in [-0.2, 0) is 6.61 Å². The summed E-state index contributed by atoms with van der Waals surface area (Å²) in [5, 5.41) is 4.72. The van der Waals surface area contributed by atoms with E-state index in [0.717, 1.165) is 11.1 Å². The SMILES string of the molecule is Cc1ccc(C(=O)n2ccc(-c3cccc(OCc4c(F)cccc4Cl)c3)n2)cc1. The van der Waals surface area contributed by atoms with Crippen LogP contribution in [0.2, 0.25) is 5.02 Å². The standard InChI is InChI=1S/C24H18ClFN2O2/c1-16-8-10-17(11-9-16)24(29)28-13-12-23(27-28)18-4-2-5-19(14-18)30-15-20-21(25)6-3-7-22(20)26/h2-14H,15H2,1H3. The van der Waals surface area contributed by atoms with Crippen LogP contribution in [0.1, 0.15) is 21.5 Å². The number of aryl methyl sites for hydroxylation is 1. The van der Waals surface area contributed by atoms with Crippen molar-refractivity contribution in [1.29, 1.82) is 0 Å². The Bertz CT molecular complexity index is 1180. The maximum atomic E-state index is 13.9. The fourth-order valence-electron chi connectivity index (χ4n) is 2.99. The maximum absolute atomic E-state index is 13.9. The zero-order valence-electron chi connectivity index (χ0n) is 16.2. The largest absolute Gasteiger partial charge is 0.489 e. The third-order valence-corrected chi connectivity index (χ3v) is 5.02. The van der Waals surface area contributed by atoms with E-state index in [4.69, 9.17) is 16.3 Å². The molecule has 0 unspecified atom stereocenters. The summed E-state index contributed by atoms with van der Waals surface area (Å²) in [7, 11) is 0. The van der Waals surface area contributed by atoms with Crippen LogP contribution in [0.3, 0.4) is 0 Å². The van der Waals surface area contributed by atoms with Crippen molar-refractivity contribution >= 4 is 17.5 Å². The first kappa shape index (κ1) is 19.9. The van der Waals surface area contributed by atoms with Crippen LogP contribution >= 0.6 is 11.6 Å². The Morgan fingerprint density at radius 1 is 1.07 bits per heavy atom. The molecule has 0 saturated carbocycles. The Morgan fingerprint density at radius 3 is 2.60 bits per heavy atom. The van der Waals surface area contributed by atoms with E-state index in [0.29, 0.717) is 27.6 Å². The molecule has 0 bridgehead atoms. The third kappa shape index (κ3) is 4.26. The smallest absolute Gasteiger partial charge is 0.278 e. The van der Waals surface area contributed by atoms with Gasteiger partial charge in [-0.2, -0.15) is 5.10 Å². The number of ether oxygens (including phenoxy) is 1. The molecule has 1 heterocycles. The quantitative estimate of drug-likeness (QED) is 0.402. The van der Waals surface area contributed by atoms with Crippen LogP contribution in [0.25, 0.3) is 11.3 Å². The average molecular weight is 421 g/mol. The van der Waals surface area contributed by atoms with Gasteiger partial charge in [-0.25, -0.2) is 9.07 Å². The summed E-state index contributed by atoms with van der Waals surface area (Å²) in [6.07, 6.45) is 1.63. The van der Waals surface area contributed by atoms with E-state index in [2.05, 4.69) is 5.10 Å². The summed E-state index contributed by atoms with van der Waals surface area (Å²) >= 11 is 6.05. The monoisotopic (exact) mass is 420 g/mol. The van der Waals surface area contributed by atoms with Crippen LogP contribution in [0, 0.1) is 12.7 Å². The summed E-state index contributed by atoms with van der Waals surface area (Å²) in [5.74, 6) is -0.0684. The fraction of sp³-hybridized carbons (Fsp3) is 0.0833. The molecule has 150 valence electrons. The molecule has 0 fully saturated rings. The molecular formula is C24H18ClFN2O2. The highest BCUT2D eigenvalue weighted by Crippen LogP contribution is 2.25. The van der Waals surface area contributed by atoms with E-state index in [9.17, 15) is 9.18 Å². The third-order valence-electron chi connectivity index (χ3n) is 4.67. The summed E-state index contributed by atoms with van der Waals surface area (Å²) < 4.78 is 21.0. The average Bonchev–Trinajstić information content (AvgIpc) is 3.24. The Labute approximate surface area is 178 Å². The van der Waals surface area contributed by atoms with Gasteiger partial charge in [-0.3, -0.25) is 4.79 Å². The number of hydrogen-bond donors (Lipinski definition) is 0. The molecule has 3 aromatic carbocycles. The Kier molecular flexibility index (Phi) is 5.63. The molecule has 0 aliphatic carbocycles. The topological polar surface area (TPSA) is 44.1 Å². The summed E-state index contributed by atoms with van der Waals surface area (Å²) in [6.45, 7) is 1.98. The first-order chi connectivity index (χ1) is 14.5. The van der Waals surface area contributed by atoms with Gasteiger partial charge in [0.05, 0.1) is 10.7 Å². The van der Waals surface area contributed by atoms with Gasteiger partial charge in [0, 0.05) is 22.9 Å². The van der Waals surface area contributed by atoms with Gasteiger partial charge in [-0.15, -0.1) is 0 Å². The molecule has 6 heteroatoms. The lowest BCUT2D eigenvalue weighted by Gasteiger charge is -2.09. The number of halogens is 2. The molecule has 0 radical (unpaired) electrons. The lowest BCUT2D eigenvalue weighted by Crippen LogP contribution is -2.12. The molecule has 4 aromatic rings. The van der Waals surface area contributed by atoms with Crippen molar-refractivity contribution in [2.24, 2.45) is 0 Å². The van der Waals surface area contributed by atoms with Crippen molar-refractivity contribution in [3.63, 3.8) is 0 Å². The highest BCUT2D eigenvalue weighted by Gasteiger charge is 2.12. The zero-order chi connectivity index (χ0) is 21.1. The maximum Gasteiger partial charge on any atom is 0.278 e. The number of carbonyl (C=O) groups is 1. The second-order valence-electron chi connectivity index (χ2n) is 6.83. The second kappa shape index (κ2) is 8.51. The molecule has 0 amide bonds. The normalized spacial score (nSPS) is 10.8. The zero-order valence-corrected chi connectivity index (χ0v) is 16.9. The van der Waals surface area contributed by atoms with Crippen molar-refractivity contribution in [3.05, 3.63) is 107 Å². The molecule has 0 spiro atoms. The number of aromatic nitrogens is 2. The van der Waals surface area contributed by atoms with Gasteiger partial charge in [0.2, 0.25) is 0 Å². The number of hydrogen-bond acceptors (Lipinski definition) is 3. The van der Waals surface area contributed by atoms with Gasteiger partial charge in [0.25, 0.3) is 5.91 Å². The fourth-order valence-corrected chi connectivity index (χ4v) is 3.21. The Hall–Kier alpha value is -3.44. The van der Waals surface area contributed by atoms with E-state index >= 15 is 0 Å². The Morgan fingerprint density at radius 2 is 1.83 bits per heavy atom. The van der Waals surface area contributed by atoms with Crippen LogP contribution in [0.15, 0.2) is 79.0 Å². The van der Waals surface area contributed by atoms with Gasteiger partial charge in [-0.1, -0.05) is 47.5 Å². The minimum Gasteiger partial charge on any atom is -0.489 e. The van der Waals surface area contributed by atoms with E-state index in [1.54, 1.807) is 48.7 Å². The molecule has 0 atom stereocenters. The van der Waals surface area contributed by atoms with Crippen LogP contribution < -0.4 is 4.74 Å². The lowest BCUT2D eigenvalue weighted by atomic mass is 10.1. The Balaban J connectivity index is 1.52.